The molecule has 0 bridgehead atoms. The van der Waals surface area contributed by atoms with Crippen LogP contribution in [0.3, 0.4) is 0 Å². The van der Waals surface area contributed by atoms with Gasteiger partial charge < -0.3 is 10.1 Å². The van der Waals surface area contributed by atoms with Crippen LogP contribution in [0.4, 0.5) is 5.69 Å². The fraction of sp³-hybridized carbons (Fsp3) is 0.0833. The number of anilines is 1. The van der Waals surface area contributed by atoms with E-state index in [2.05, 4.69) is 5.32 Å². The predicted octanol–water partition coefficient (Wildman–Crippen LogP) is 4.09. The van der Waals surface area contributed by atoms with E-state index in [1.54, 1.807) is 7.11 Å². The second-order valence-corrected chi connectivity index (χ2v) is 6.65. The molecular formula is C24H20N2O3. The highest BCUT2D eigenvalue weighted by atomic mass is 16.5. The van der Waals surface area contributed by atoms with Gasteiger partial charge in [0.1, 0.15) is 11.4 Å². The number of rotatable bonds is 6. The van der Waals surface area contributed by atoms with Crippen molar-refractivity contribution in [2.75, 3.05) is 12.4 Å². The summed E-state index contributed by atoms with van der Waals surface area (Å²) < 4.78 is 5.17. The van der Waals surface area contributed by atoms with Gasteiger partial charge in [-0.05, 0) is 35.4 Å². The predicted molar refractivity (Wildman–Crippen MR) is 112 cm³/mol. The largest absolute Gasteiger partial charge is 0.497 e. The van der Waals surface area contributed by atoms with Crippen LogP contribution in [0.15, 0.2) is 90.6 Å². The summed E-state index contributed by atoms with van der Waals surface area (Å²) in [5, 5.41) is 3.15. The molecule has 0 saturated carbocycles. The topological polar surface area (TPSA) is 58.6 Å². The van der Waals surface area contributed by atoms with Crippen LogP contribution in [-0.2, 0) is 16.1 Å². The smallest absolute Gasteiger partial charge is 0.278 e. The second kappa shape index (κ2) is 8.02. The zero-order valence-electron chi connectivity index (χ0n) is 16.0. The van der Waals surface area contributed by atoms with Crippen molar-refractivity contribution >= 4 is 23.1 Å². The van der Waals surface area contributed by atoms with E-state index in [1.807, 2.05) is 84.9 Å². The van der Waals surface area contributed by atoms with Gasteiger partial charge in [-0.25, -0.2) is 0 Å². The van der Waals surface area contributed by atoms with E-state index < -0.39 is 0 Å². The van der Waals surface area contributed by atoms with E-state index in [0.29, 0.717) is 16.8 Å². The van der Waals surface area contributed by atoms with Crippen LogP contribution in [-0.4, -0.2) is 23.8 Å². The Hall–Kier alpha value is -3.86. The number of ether oxygens (including phenoxy) is 1. The molecule has 0 saturated heterocycles. The van der Waals surface area contributed by atoms with Gasteiger partial charge in [-0.15, -0.1) is 0 Å². The highest BCUT2D eigenvalue weighted by Crippen LogP contribution is 2.31. The summed E-state index contributed by atoms with van der Waals surface area (Å²) in [5.41, 5.74) is 2.99. The van der Waals surface area contributed by atoms with Crippen molar-refractivity contribution in [3.05, 3.63) is 102 Å². The highest BCUT2D eigenvalue weighted by molar-refractivity contribution is 6.36. The van der Waals surface area contributed by atoms with Crippen LogP contribution < -0.4 is 10.1 Å². The van der Waals surface area contributed by atoms with Crippen LogP contribution >= 0.6 is 0 Å². The average Bonchev–Trinajstić information content (AvgIpc) is 3.00. The molecule has 144 valence electrons. The van der Waals surface area contributed by atoms with Gasteiger partial charge >= 0.3 is 0 Å². The van der Waals surface area contributed by atoms with Gasteiger partial charge in [0.05, 0.1) is 19.2 Å². The zero-order chi connectivity index (χ0) is 20.2. The van der Waals surface area contributed by atoms with Crippen molar-refractivity contribution < 1.29 is 14.3 Å². The first-order valence-electron chi connectivity index (χ1n) is 9.28. The Morgan fingerprint density at radius 3 is 2.03 bits per heavy atom. The number of nitrogens with one attached hydrogen (secondary N) is 1. The Morgan fingerprint density at radius 2 is 1.41 bits per heavy atom. The van der Waals surface area contributed by atoms with E-state index in [4.69, 9.17) is 4.74 Å². The van der Waals surface area contributed by atoms with Crippen LogP contribution in [0.1, 0.15) is 11.1 Å². The van der Waals surface area contributed by atoms with Gasteiger partial charge in [0.15, 0.2) is 0 Å². The number of para-hydroxylation sites is 1. The Kier molecular flexibility index (Phi) is 5.12. The number of imide groups is 1. The molecule has 3 aromatic carbocycles. The number of amides is 2. The second-order valence-electron chi connectivity index (χ2n) is 6.65. The van der Waals surface area contributed by atoms with E-state index in [-0.39, 0.29) is 18.4 Å². The Bertz CT molecular complexity index is 1060. The number of hydrogen-bond acceptors (Lipinski definition) is 4. The molecule has 29 heavy (non-hydrogen) atoms. The Labute approximate surface area is 169 Å². The zero-order valence-corrected chi connectivity index (χ0v) is 16.0. The van der Waals surface area contributed by atoms with E-state index in [9.17, 15) is 9.59 Å². The van der Waals surface area contributed by atoms with Gasteiger partial charge in [-0.3, -0.25) is 14.5 Å². The summed E-state index contributed by atoms with van der Waals surface area (Å²) >= 11 is 0. The van der Waals surface area contributed by atoms with Crippen molar-refractivity contribution in [1.82, 2.24) is 4.90 Å². The summed E-state index contributed by atoms with van der Waals surface area (Å²) in [6.45, 7) is 0.192. The summed E-state index contributed by atoms with van der Waals surface area (Å²) in [6, 6.07) is 26.0. The molecule has 0 aliphatic carbocycles. The molecule has 4 rings (SSSR count). The third kappa shape index (κ3) is 3.75. The number of carbonyl (C=O) groups is 2. The molecule has 1 heterocycles. The molecule has 1 aliphatic rings. The monoisotopic (exact) mass is 384 g/mol. The average molecular weight is 384 g/mol. The van der Waals surface area contributed by atoms with Gasteiger partial charge in [-0.2, -0.15) is 0 Å². The van der Waals surface area contributed by atoms with E-state index >= 15 is 0 Å². The van der Waals surface area contributed by atoms with Gasteiger partial charge in [-0.1, -0.05) is 60.7 Å². The van der Waals surface area contributed by atoms with Crippen molar-refractivity contribution in [3.8, 4) is 5.75 Å². The lowest BCUT2D eigenvalue weighted by Gasteiger charge is -2.15. The summed E-state index contributed by atoms with van der Waals surface area (Å²) in [5.74, 6) is 0.0753. The SMILES string of the molecule is COc1ccc(CN2C(=O)C(Nc3ccccc3)=C(c3ccccc3)C2=O)cc1. The molecule has 5 heteroatoms. The Morgan fingerprint density at radius 1 is 0.793 bits per heavy atom. The first kappa shape index (κ1) is 18.5. The van der Waals surface area contributed by atoms with Gasteiger partial charge in [0, 0.05) is 5.69 Å². The number of hydrogen-bond donors (Lipinski definition) is 1. The molecule has 1 aliphatic heterocycles. The number of methoxy groups -OCH3 is 1. The molecule has 5 nitrogen and oxygen atoms in total. The van der Waals surface area contributed by atoms with Crippen LogP contribution in [0.25, 0.3) is 5.57 Å². The van der Waals surface area contributed by atoms with Gasteiger partial charge in [0.2, 0.25) is 0 Å². The van der Waals surface area contributed by atoms with Crippen molar-refractivity contribution in [1.29, 1.82) is 0 Å². The molecule has 0 unspecified atom stereocenters. The molecule has 3 aromatic rings. The van der Waals surface area contributed by atoms with Crippen molar-refractivity contribution in [2.24, 2.45) is 0 Å². The minimum absolute atomic E-state index is 0.192. The molecule has 0 atom stereocenters. The molecule has 0 fully saturated rings. The highest BCUT2D eigenvalue weighted by Gasteiger charge is 2.39. The van der Waals surface area contributed by atoms with Crippen molar-refractivity contribution in [2.45, 2.75) is 6.54 Å². The van der Waals surface area contributed by atoms with Crippen LogP contribution in [0, 0.1) is 0 Å². The maximum absolute atomic E-state index is 13.2. The third-order valence-electron chi connectivity index (χ3n) is 4.77. The normalized spacial score (nSPS) is 13.8. The molecule has 2 amide bonds. The molecule has 0 spiro atoms. The number of benzene rings is 3. The fourth-order valence-electron chi connectivity index (χ4n) is 3.29. The Balaban J connectivity index is 1.69. The van der Waals surface area contributed by atoms with E-state index in [1.165, 1.54) is 4.90 Å². The number of carbonyl (C=O) groups excluding carboxylic acids is 2. The minimum atomic E-state index is -0.339. The fourth-order valence-corrected chi connectivity index (χ4v) is 3.29. The minimum Gasteiger partial charge on any atom is -0.497 e. The van der Waals surface area contributed by atoms with Crippen molar-refractivity contribution in [3.63, 3.8) is 0 Å². The van der Waals surface area contributed by atoms with E-state index in [0.717, 1.165) is 17.0 Å². The summed E-state index contributed by atoms with van der Waals surface area (Å²) in [6.07, 6.45) is 0. The maximum Gasteiger partial charge on any atom is 0.278 e. The molecule has 0 aromatic heterocycles. The summed E-state index contributed by atoms with van der Waals surface area (Å²) in [4.78, 5) is 27.7. The first-order valence-corrected chi connectivity index (χ1v) is 9.28. The lowest BCUT2D eigenvalue weighted by atomic mass is 10.0. The maximum atomic E-state index is 13.2. The number of nitrogens with zero attached hydrogens (tertiary/aromatic N) is 1. The molecule has 0 radical (unpaired) electrons. The lowest BCUT2D eigenvalue weighted by molar-refractivity contribution is -0.137. The third-order valence-corrected chi connectivity index (χ3v) is 4.77. The summed E-state index contributed by atoms with van der Waals surface area (Å²) in [7, 11) is 1.60. The van der Waals surface area contributed by atoms with Crippen LogP contribution in [0.5, 0.6) is 5.75 Å². The standard InChI is InChI=1S/C24H20N2O3/c1-29-20-14-12-17(13-15-20)16-26-23(27)21(18-8-4-2-5-9-18)22(24(26)28)25-19-10-6-3-7-11-19/h2-15,25H,16H2,1H3. The lowest BCUT2D eigenvalue weighted by Crippen LogP contribution is -2.32. The molecular weight excluding hydrogens is 364 g/mol. The van der Waals surface area contributed by atoms with Crippen LogP contribution in [0.2, 0.25) is 0 Å². The van der Waals surface area contributed by atoms with Gasteiger partial charge in [0.25, 0.3) is 11.8 Å². The first-order chi connectivity index (χ1) is 14.2. The molecule has 1 N–H and O–H groups in total. The quantitative estimate of drug-likeness (QED) is 0.651.